The lowest BCUT2D eigenvalue weighted by Crippen LogP contribution is -2.36. The van der Waals surface area contributed by atoms with Gasteiger partial charge in [-0.15, -0.1) is 10.2 Å². The average molecular weight is 416 g/mol. The Morgan fingerprint density at radius 3 is 2.71 bits per heavy atom. The van der Waals surface area contributed by atoms with E-state index in [9.17, 15) is 4.79 Å². The van der Waals surface area contributed by atoms with E-state index in [1.807, 2.05) is 12.1 Å². The summed E-state index contributed by atoms with van der Waals surface area (Å²) >= 11 is 10.8. The summed E-state index contributed by atoms with van der Waals surface area (Å²) in [5, 5.41) is 13.5. The Balaban J connectivity index is 2.00. The van der Waals surface area contributed by atoms with Gasteiger partial charge in [-0.2, -0.15) is 5.10 Å². The number of hydrogen-bond acceptors (Lipinski definition) is 6. The van der Waals surface area contributed by atoms with Gasteiger partial charge in [0.1, 0.15) is 5.52 Å². The predicted molar refractivity (Wildman–Crippen MR) is 110 cm³/mol. The first-order valence-corrected chi connectivity index (χ1v) is 8.89. The molecular weight excluding hydrogens is 402 g/mol. The van der Waals surface area contributed by atoms with Crippen LogP contribution in [0.2, 0.25) is 5.02 Å². The molecule has 28 heavy (non-hydrogen) atoms. The molecule has 4 aromatic rings. The maximum atomic E-state index is 12.6. The number of pyridine rings is 1. The van der Waals surface area contributed by atoms with Crippen molar-refractivity contribution in [1.29, 1.82) is 0 Å². The van der Waals surface area contributed by atoms with Crippen molar-refractivity contribution in [1.82, 2.24) is 24.5 Å². The fraction of sp³-hybridized carbons (Fsp3) is 0.118. The van der Waals surface area contributed by atoms with Crippen LogP contribution in [0, 0.1) is 0 Å². The van der Waals surface area contributed by atoms with E-state index in [1.54, 1.807) is 29.8 Å². The maximum absolute atomic E-state index is 12.6. The normalized spacial score (nSPS) is 11.2. The molecule has 9 nitrogen and oxygen atoms in total. The number of nitrogens with zero attached hydrogens (tertiary/aromatic N) is 5. The first-order valence-electron chi connectivity index (χ1n) is 8.10. The summed E-state index contributed by atoms with van der Waals surface area (Å²) in [7, 11) is 1.58. The minimum Gasteiger partial charge on any atom is -0.378 e. The lowest BCUT2D eigenvalue weighted by molar-refractivity contribution is 0.181. The minimum absolute atomic E-state index is 0.0398. The van der Waals surface area contributed by atoms with Gasteiger partial charge in [0.2, 0.25) is 0 Å². The van der Waals surface area contributed by atoms with Crippen LogP contribution in [0.15, 0.2) is 41.3 Å². The first kappa shape index (κ1) is 18.3. The van der Waals surface area contributed by atoms with E-state index in [0.717, 1.165) is 15.8 Å². The Kier molecular flexibility index (Phi) is 4.67. The van der Waals surface area contributed by atoms with Gasteiger partial charge in [0.05, 0.1) is 17.9 Å². The van der Waals surface area contributed by atoms with E-state index in [0.29, 0.717) is 21.9 Å². The van der Waals surface area contributed by atoms with Gasteiger partial charge in [0.25, 0.3) is 5.56 Å². The van der Waals surface area contributed by atoms with E-state index in [4.69, 9.17) is 34.3 Å². The third-order valence-corrected chi connectivity index (χ3v) is 4.44. The second-order valence-electron chi connectivity index (χ2n) is 5.90. The van der Waals surface area contributed by atoms with Crippen molar-refractivity contribution in [2.24, 2.45) is 5.73 Å². The van der Waals surface area contributed by atoms with Gasteiger partial charge < -0.3 is 10.5 Å². The van der Waals surface area contributed by atoms with Crippen LogP contribution in [0.1, 0.15) is 5.69 Å². The number of thiocarbonyl (C=S) groups is 1. The lowest BCUT2D eigenvalue weighted by Gasteiger charge is -2.08. The van der Waals surface area contributed by atoms with E-state index in [2.05, 4.69) is 20.7 Å². The molecule has 11 heteroatoms. The molecule has 3 heterocycles. The molecule has 0 aliphatic carbocycles. The molecule has 0 bridgehead atoms. The molecule has 0 aliphatic heterocycles. The molecular formula is C17H14ClN7O2S. The van der Waals surface area contributed by atoms with Gasteiger partial charge >= 0.3 is 0 Å². The van der Waals surface area contributed by atoms with Crippen LogP contribution in [0.5, 0.6) is 0 Å². The molecule has 0 amide bonds. The Labute approximate surface area is 168 Å². The highest BCUT2D eigenvalue weighted by atomic mass is 35.5. The third-order valence-electron chi connectivity index (χ3n) is 4.10. The highest BCUT2D eigenvalue weighted by Crippen LogP contribution is 2.29. The van der Waals surface area contributed by atoms with Crippen LogP contribution in [-0.2, 0) is 11.3 Å². The molecule has 0 atom stereocenters. The number of nitrogens with one attached hydrogen (secondary N) is 1. The quantitative estimate of drug-likeness (QED) is 0.484. The van der Waals surface area contributed by atoms with Gasteiger partial charge in [0.15, 0.2) is 16.3 Å². The van der Waals surface area contributed by atoms with Crippen molar-refractivity contribution in [3.05, 3.63) is 57.6 Å². The SMILES string of the molecule is COCc1nn2c(nnc3c(=O)n(NC(N)=S)ccc32)c1-c1ccc(Cl)cc1. The van der Waals surface area contributed by atoms with E-state index >= 15 is 0 Å². The lowest BCUT2D eigenvalue weighted by atomic mass is 10.1. The van der Waals surface area contributed by atoms with Gasteiger partial charge in [0, 0.05) is 18.3 Å². The van der Waals surface area contributed by atoms with Crippen molar-refractivity contribution in [2.75, 3.05) is 12.5 Å². The zero-order chi connectivity index (χ0) is 19.8. The van der Waals surface area contributed by atoms with Crippen LogP contribution in [0.4, 0.5) is 0 Å². The Morgan fingerprint density at radius 2 is 2.04 bits per heavy atom. The van der Waals surface area contributed by atoms with Gasteiger partial charge in [-0.1, -0.05) is 23.7 Å². The zero-order valence-corrected chi connectivity index (χ0v) is 16.2. The van der Waals surface area contributed by atoms with Crippen LogP contribution in [-0.4, -0.2) is 36.7 Å². The van der Waals surface area contributed by atoms with Gasteiger partial charge in [-0.05, 0) is 36.0 Å². The monoisotopic (exact) mass is 415 g/mol. The third kappa shape index (κ3) is 3.07. The average Bonchev–Trinajstić information content (AvgIpc) is 3.03. The number of rotatable bonds is 4. The van der Waals surface area contributed by atoms with Crippen LogP contribution in [0.25, 0.3) is 27.8 Å². The zero-order valence-electron chi connectivity index (χ0n) is 14.6. The van der Waals surface area contributed by atoms with Crippen LogP contribution < -0.4 is 16.7 Å². The highest BCUT2D eigenvalue weighted by Gasteiger charge is 2.19. The number of methoxy groups -OCH3 is 1. The summed E-state index contributed by atoms with van der Waals surface area (Å²) in [6, 6.07) is 8.98. The standard InChI is InChI=1S/C17H14ClN7O2S/c1-27-8-11-13(9-2-4-10(18)5-3-9)15-21-20-14-12(25(15)22-11)6-7-24(16(14)26)23-17(19)28/h2-7H,8H2,1H3,(H3,19,23,28). The molecule has 0 saturated carbocycles. The van der Waals surface area contributed by atoms with Crippen molar-refractivity contribution in [3.63, 3.8) is 0 Å². The molecule has 0 aliphatic rings. The maximum Gasteiger partial charge on any atom is 0.299 e. The second kappa shape index (κ2) is 7.15. The number of hydrogen-bond donors (Lipinski definition) is 2. The molecule has 0 fully saturated rings. The van der Waals surface area contributed by atoms with Crippen molar-refractivity contribution in [3.8, 4) is 11.1 Å². The molecule has 0 unspecified atom stereocenters. The molecule has 1 aromatic carbocycles. The number of halogens is 1. The number of benzene rings is 1. The van der Waals surface area contributed by atoms with E-state index in [1.165, 1.54) is 6.20 Å². The number of fused-ring (bicyclic) bond motifs is 3. The molecule has 0 spiro atoms. The number of ether oxygens (including phenoxy) is 1. The van der Waals surface area contributed by atoms with Crippen LogP contribution >= 0.6 is 23.8 Å². The smallest absolute Gasteiger partial charge is 0.299 e. The summed E-state index contributed by atoms with van der Waals surface area (Å²) in [5.74, 6) is 0. The van der Waals surface area contributed by atoms with Crippen molar-refractivity contribution < 1.29 is 4.74 Å². The first-order chi connectivity index (χ1) is 13.5. The van der Waals surface area contributed by atoms with E-state index in [-0.39, 0.29) is 17.2 Å². The summed E-state index contributed by atoms with van der Waals surface area (Å²) in [6.45, 7) is 0.267. The molecule has 4 rings (SSSR count). The Hall–Kier alpha value is -3.08. The summed E-state index contributed by atoms with van der Waals surface area (Å²) in [6.07, 6.45) is 1.50. The van der Waals surface area contributed by atoms with Crippen molar-refractivity contribution in [2.45, 2.75) is 6.61 Å². The Bertz CT molecular complexity index is 1270. The van der Waals surface area contributed by atoms with E-state index < -0.39 is 5.56 Å². The summed E-state index contributed by atoms with van der Waals surface area (Å²) in [4.78, 5) is 12.6. The number of nitrogens with two attached hydrogens (primary N) is 1. The van der Waals surface area contributed by atoms with Crippen LogP contribution in [0.3, 0.4) is 0 Å². The molecule has 3 N–H and O–H groups in total. The molecule has 0 radical (unpaired) electrons. The fourth-order valence-corrected chi connectivity index (χ4v) is 3.17. The molecule has 0 saturated heterocycles. The summed E-state index contributed by atoms with van der Waals surface area (Å²) < 4.78 is 8.01. The second-order valence-corrected chi connectivity index (χ2v) is 6.77. The summed E-state index contributed by atoms with van der Waals surface area (Å²) in [5.41, 5.74) is 11.0. The molecule has 3 aromatic heterocycles. The highest BCUT2D eigenvalue weighted by molar-refractivity contribution is 7.80. The number of aromatic nitrogens is 5. The molecule has 142 valence electrons. The van der Waals surface area contributed by atoms with Gasteiger partial charge in [-0.25, -0.2) is 9.19 Å². The predicted octanol–water partition coefficient (Wildman–Crippen LogP) is 1.69. The largest absolute Gasteiger partial charge is 0.378 e. The Morgan fingerprint density at radius 1 is 1.29 bits per heavy atom. The minimum atomic E-state index is -0.448. The van der Waals surface area contributed by atoms with Crippen molar-refractivity contribution >= 4 is 45.6 Å². The fourth-order valence-electron chi connectivity index (χ4n) is 2.95. The topological polar surface area (TPSA) is 112 Å². The van der Waals surface area contributed by atoms with Gasteiger partial charge in [-0.3, -0.25) is 10.2 Å².